The standard InChI is InChI=1S/C10H14O/c1-6(2)10-7-3-4-8(10)9(11)5-7/h3-4,7-9,11H,5H2,1-2H3/t7-,8+,9+/m0/s1. The topological polar surface area (TPSA) is 20.2 Å². The van der Waals surface area contributed by atoms with Gasteiger partial charge in [0, 0.05) is 11.8 Å². The van der Waals surface area contributed by atoms with Gasteiger partial charge in [0.15, 0.2) is 0 Å². The molecule has 0 heterocycles. The molecule has 2 aliphatic carbocycles. The molecular weight excluding hydrogens is 136 g/mol. The summed E-state index contributed by atoms with van der Waals surface area (Å²) in [6.07, 6.45) is 5.23. The molecule has 0 aromatic carbocycles. The van der Waals surface area contributed by atoms with Crippen LogP contribution in [0.2, 0.25) is 0 Å². The van der Waals surface area contributed by atoms with Gasteiger partial charge in [-0.2, -0.15) is 0 Å². The molecule has 1 heteroatoms. The lowest BCUT2D eigenvalue weighted by Crippen LogP contribution is -2.12. The molecule has 0 saturated heterocycles. The Kier molecular flexibility index (Phi) is 1.43. The summed E-state index contributed by atoms with van der Waals surface area (Å²) in [5.41, 5.74) is 2.86. The van der Waals surface area contributed by atoms with Crippen LogP contribution in [-0.2, 0) is 0 Å². The van der Waals surface area contributed by atoms with Crippen molar-refractivity contribution in [2.45, 2.75) is 26.4 Å². The van der Waals surface area contributed by atoms with E-state index in [0.717, 1.165) is 6.42 Å². The quantitative estimate of drug-likeness (QED) is 0.523. The van der Waals surface area contributed by atoms with Gasteiger partial charge in [0.25, 0.3) is 0 Å². The number of rotatable bonds is 0. The normalized spacial score (nSPS) is 40.3. The van der Waals surface area contributed by atoms with Crippen molar-refractivity contribution >= 4 is 0 Å². The fourth-order valence-corrected chi connectivity index (χ4v) is 2.36. The first-order chi connectivity index (χ1) is 5.20. The van der Waals surface area contributed by atoms with E-state index < -0.39 is 0 Å². The van der Waals surface area contributed by atoms with E-state index in [-0.39, 0.29) is 6.10 Å². The first-order valence-electron chi connectivity index (χ1n) is 4.24. The van der Waals surface area contributed by atoms with Crippen LogP contribution in [0.5, 0.6) is 0 Å². The lowest BCUT2D eigenvalue weighted by molar-refractivity contribution is 0.152. The number of hydrogen-bond donors (Lipinski definition) is 1. The molecule has 0 aromatic rings. The zero-order valence-corrected chi connectivity index (χ0v) is 7.04. The number of hydrogen-bond acceptors (Lipinski definition) is 1. The van der Waals surface area contributed by atoms with Crippen molar-refractivity contribution in [1.29, 1.82) is 0 Å². The van der Waals surface area contributed by atoms with Crippen LogP contribution < -0.4 is 0 Å². The summed E-state index contributed by atoms with van der Waals surface area (Å²) < 4.78 is 0. The molecule has 1 fully saturated rings. The second kappa shape index (κ2) is 2.21. The summed E-state index contributed by atoms with van der Waals surface area (Å²) in [5, 5.41) is 9.55. The number of aliphatic hydroxyl groups excluding tert-OH is 1. The Labute approximate surface area is 67.4 Å². The summed E-state index contributed by atoms with van der Waals surface area (Å²) in [7, 11) is 0. The minimum absolute atomic E-state index is 0.102. The van der Waals surface area contributed by atoms with E-state index in [1.807, 2.05) is 0 Å². The lowest BCUT2D eigenvalue weighted by Gasteiger charge is -2.09. The summed E-state index contributed by atoms with van der Waals surface area (Å²) >= 11 is 0. The van der Waals surface area contributed by atoms with E-state index in [4.69, 9.17) is 0 Å². The molecule has 2 bridgehead atoms. The minimum Gasteiger partial charge on any atom is -0.392 e. The fourth-order valence-electron chi connectivity index (χ4n) is 2.36. The molecule has 2 rings (SSSR count). The van der Waals surface area contributed by atoms with Crippen LogP contribution in [0.3, 0.4) is 0 Å². The van der Waals surface area contributed by atoms with E-state index in [1.165, 1.54) is 11.1 Å². The molecule has 0 radical (unpaired) electrons. The van der Waals surface area contributed by atoms with Gasteiger partial charge < -0.3 is 5.11 Å². The summed E-state index contributed by atoms with van der Waals surface area (Å²) in [6, 6.07) is 0. The van der Waals surface area contributed by atoms with Crippen LogP contribution in [0.1, 0.15) is 20.3 Å². The van der Waals surface area contributed by atoms with Crippen molar-refractivity contribution in [2.75, 3.05) is 0 Å². The van der Waals surface area contributed by atoms with Gasteiger partial charge in [-0.25, -0.2) is 0 Å². The number of allylic oxidation sites excluding steroid dienone is 2. The van der Waals surface area contributed by atoms with Crippen LogP contribution in [0.4, 0.5) is 0 Å². The third-order valence-electron chi connectivity index (χ3n) is 2.80. The first kappa shape index (κ1) is 7.11. The van der Waals surface area contributed by atoms with Crippen molar-refractivity contribution in [3.8, 4) is 0 Å². The molecule has 0 aliphatic heterocycles. The first-order valence-corrected chi connectivity index (χ1v) is 4.24. The Morgan fingerprint density at radius 1 is 1.45 bits per heavy atom. The van der Waals surface area contributed by atoms with E-state index in [1.54, 1.807) is 0 Å². The molecule has 60 valence electrons. The average Bonchev–Trinajstić information content (AvgIpc) is 2.41. The van der Waals surface area contributed by atoms with Gasteiger partial charge >= 0.3 is 0 Å². The predicted molar refractivity (Wildman–Crippen MR) is 45.1 cm³/mol. The van der Waals surface area contributed by atoms with E-state index >= 15 is 0 Å². The van der Waals surface area contributed by atoms with Crippen molar-refractivity contribution < 1.29 is 5.11 Å². The van der Waals surface area contributed by atoms with Crippen LogP contribution in [0, 0.1) is 11.8 Å². The van der Waals surface area contributed by atoms with Gasteiger partial charge in [-0.05, 0) is 20.3 Å². The van der Waals surface area contributed by atoms with E-state index in [9.17, 15) is 5.11 Å². The molecular formula is C10H14O. The van der Waals surface area contributed by atoms with Gasteiger partial charge in [0.1, 0.15) is 0 Å². The second-order valence-corrected chi connectivity index (χ2v) is 3.78. The van der Waals surface area contributed by atoms with E-state index in [0.29, 0.717) is 11.8 Å². The fraction of sp³-hybridized carbons (Fsp3) is 0.600. The zero-order valence-electron chi connectivity index (χ0n) is 7.04. The Bertz CT molecular complexity index is 233. The molecule has 1 N–H and O–H groups in total. The maximum atomic E-state index is 9.55. The van der Waals surface area contributed by atoms with Gasteiger partial charge in [-0.15, -0.1) is 0 Å². The Morgan fingerprint density at radius 2 is 2.18 bits per heavy atom. The highest BCUT2D eigenvalue weighted by molar-refractivity contribution is 5.36. The second-order valence-electron chi connectivity index (χ2n) is 3.78. The minimum atomic E-state index is -0.102. The van der Waals surface area contributed by atoms with Crippen LogP contribution >= 0.6 is 0 Å². The van der Waals surface area contributed by atoms with Crippen LogP contribution in [0.15, 0.2) is 23.3 Å². The van der Waals surface area contributed by atoms with Crippen molar-refractivity contribution in [3.63, 3.8) is 0 Å². The molecule has 1 saturated carbocycles. The molecule has 0 spiro atoms. The molecule has 0 amide bonds. The maximum absolute atomic E-state index is 9.55. The van der Waals surface area contributed by atoms with Gasteiger partial charge in [-0.3, -0.25) is 0 Å². The SMILES string of the molecule is CC(C)=C1[C@H]2C=C[C@@H]1[C@H](O)C2. The van der Waals surface area contributed by atoms with Gasteiger partial charge in [-0.1, -0.05) is 23.3 Å². The summed E-state index contributed by atoms with van der Waals surface area (Å²) in [6.45, 7) is 4.28. The molecule has 3 atom stereocenters. The Morgan fingerprint density at radius 3 is 2.45 bits per heavy atom. The van der Waals surface area contributed by atoms with Gasteiger partial charge in [0.2, 0.25) is 0 Å². The molecule has 0 aromatic heterocycles. The third kappa shape index (κ3) is 0.875. The Balaban J connectivity index is 2.39. The van der Waals surface area contributed by atoms with E-state index in [2.05, 4.69) is 26.0 Å². The highest BCUT2D eigenvalue weighted by Gasteiger charge is 2.39. The van der Waals surface area contributed by atoms with Crippen LogP contribution in [-0.4, -0.2) is 11.2 Å². The van der Waals surface area contributed by atoms with Crippen LogP contribution in [0.25, 0.3) is 0 Å². The largest absolute Gasteiger partial charge is 0.392 e. The third-order valence-corrected chi connectivity index (χ3v) is 2.80. The Hall–Kier alpha value is -0.560. The number of fused-ring (bicyclic) bond motifs is 2. The van der Waals surface area contributed by atoms with Crippen molar-refractivity contribution in [3.05, 3.63) is 23.3 Å². The lowest BCUT2D eigenvalue weighted by atomic mass is 9.99. The monoisotopic (exact) mass is 150 g/mol. The summed E-state index contributed by atoms with van der Waals surface area (Å²) in [5.74, 6) is 0.907. The van der Waals surface area contributed by atoms with Crippen molar-refractivity contribution in [1.82, 2.24) is 0 Å². The molecule has 0 unspecified atom stereocenters. The molecule has 11 heavy (non-hydrogen) atoms. The smallest absolute Gasteiger partial charge is 0.0649 e. The molecule has 2 aliphatic rings. The predicted octanol–water partition coefficient (Wildman–Crippen LogP) is 1.89. The maximum Gasteiger partial charge on any atom is 0.0649 e. The van der Waals surface area contributed by atoms with Crippen molar-refractivity contribution in [2.24, 2.45) is 11.8 Å². The zero-order chi connectivity index (χ0) is 8.01. The highest BCUT2D eigenvalue weighted by Crippen LogP contribution is 2.45. The highest BCUT2D eigenvalue weighted by atomic mass is 16.3. The van der Waals surface area contributed by atoms with Gasteiger partial charge in [0.05, 0.1) is 6.10 Å². The average molecular weight is 150 g/mol. The number of aliphatic hydroxyl groups is 1. The summed E-state index contributed by atoms with van der Waals surface area (Å²) in [4.78, 5) is 0. The molecule has 1 nitrogen and oxygen atoms in total.